The molecule has 3 N–H and O–H groups in total. The van der Waals surface area contributed by atoms with Gasteiger partial charge in [0.25, 0.3) is 0 Å². The monoisotopic (exact) mass is 304 g/mol. The van der Waals surface area contributed by atoms with Gasteiger partial charge in [-0.3, -0.25) is 0 Å². The summed E-state index contributed by atoms with van der Waals surface area (Å²) in [5, 5.41) is 16.1. The van der Waals surface area contributed by atoms with Crippen LogP contribution in [0.1, 0.15) is 38.0 Å². The van der Waals surface area contributed by atoms with E-state index < -0.39 is 5.54 Å². The van der Waals surface area contributed by atoms with Gasteiger partial charge in [0.05, 0.1) is 18.7 Å². The number of amides is 2. The zero-order chi connectivity index (χ0) is 16.2. The molecule has 120 valence electrons. The average Bonchev–Trinajstić information content (AvgIpc) is 2.82. The number of nitrogens with one attached hydrogen (secondary N) is 2. The predicted molar refractivity (Wildman–Crippen MR) is 86.7 cm³/mol. The van der Waals surface area contributed by atoms with Crippen molar-refractivity contribution >= 4 is 17.0 Å². The van der Waals surface area contributed by atoms with E-state index in [1.165, 1.54) is 0 Å². The van der Waals surface area contributed by atoms with Crippen LogP contribution < -0.4 is 10.6 Å². The summed E-state index contributed by atoms with van der Waals surface area (Å²) in [6.07, 6.45) is 1.61. The van der Waals surface area contributed by atoms with Gasteiger partial charge in [-0.15, -0.1) is 0 Å². The molecule has 0 spiro atoms. The van der Waals surface area contributed by atoms with E-state index in [1.54, 1.807) is 0 Å². The van der Waals surface area contributed by atoms with Crippen molar-refractivity contribution in [3.05, 3.63) is 35.6 Å². The number of hydrogen-bond acceptors (Lipinski definition) is 3. The molecule has 1 heterocycles. The summed E-state index contributed by atoms with van der Waals surface area (Å²) < 4.78 is 5.76. The number of furan rings is 1. The lowest BCUT2D eigenvalue weighted by atomic mass is 9.98. The number of carbonyl (C=O) groups excluding carboxylic acids is 1. The Morgan fingerprint density at radius 2 is 2.09 bits per heavy atom. The van der Waals surface area contributed by atoms with Crippen LogP contribution in [0.5, 0.6) is 0 Å². The van der Waals surface area contributed by atoms with Gasteiger partial charge in [-0.05, 0) is 26.3 Å². The third-order valence-corrected chi connectivity index (χ3v) is 3.92. The third-order valence-electron chi connectivity index (χ3n) is 3.92. The number of benzene rings is 1. The summed E-state index contributed by atoms with van der Waals surface area (Å²) >= 11 is 0. The molecule has 2 amide bonds. The highest BCUT2D eigenvalue weighted by Gasteiger charge is 2.24. The molecule has 5 heteroatoms. The Morgan fingerprint density at radius 3 is 2.73 bits per heavy atom. The van der Waals surface area contributed by atoms with Crippen LogP contribution >= 0.6 is 0 Å². The molecular formula is C17H24N2O3. The first kappa shape index (κ1) is 16.4. The second-order valence-electron chi connectivity index (χ2n) is 5.92. The van der Waals surface area contributed by atoms with Gasteiger partial charge in [-0.2, -0.15) is 0 Å². The van der Waals surface area contributed by atoms with Crippen LogP contribution in [0.15, 0.2) is 28.7 Å². The average molecular weight is 304 g/mol. The molecule has 0 saturated carbocycles. The first-order valence-electron chi connectivity index (χ1n) is 7.63. The SMILES string of the molecule is CCCC(C)(CO)NC(=O)NCc1oc2ccccc2c1C. The lowest BCUT2D eigenvalue weighted by Gasteiger charge is -2.28. The Hall–Kier alpha value is -2.01. The lowest BCUT2D eigenvalue weighted by Crippen LogP contribution is -2.52. The summed E-state index contributed by atoms with van der Waals surface area (Å²) in [6.45, 7) is 6.07. The number of urea groups is 1. The Kier molecular flexibility index (Phi) is 5.08. The van der Waals surface area contributed by atoms with E-state index in [0.29, 0.717) is 6.54 Å². The van der Waals surface area contributed by atoms with Crippen LogP contribution in [0.4, 0.5) is 4.79 Å². The first-order chi connectivity index (χ1) is 10.5. The maximum atomic E-state index is 12.0. The number of carbonyl (C=O) groups is 1. The van der Waals surface area contributed by atoms with Gasteiger partial charge in [0, 0.05) is 10.9 Å². The summed E-state index contributed by atoms with van der Waals surface area (Å²) in [7, 11) is 0. The molecule has 0 aliphatic carbocycles. The summed E-state index contributed by atoms with van der Waals surface area (Å²) in [5.74, 6) is 0.748. The highest BCUT2D eigenvalue weighted by Crippen LogP contribution is 2.24. The molecule has 2 rings (SSSR count). The quantitative estimate of drug-likeness (QED) is 0.767. The number of hydrogen-bond donors (Lipinski definition) is 3. The molecule has 0 saturated heterocycles. The standard InChI is InChI=1S/C17H24N2O3/c1-4-9-17(3,11-20)19-16(21)18-10-15-12(2)13-7-5-6-8-14(13)22-15/h5-8,20H,4,9-11H2,1-3H3,(H2,18,19,21). The van der Waals surface area contributed by atoms with Gasteiger partial charge in [0.2, 0.25) is 0 Å². The maximum absolute atomic E-state index is 12.0. The van der Waals surface area contributed by atoms with Gasteiger partial charge >= 0.3 is 6.03 Å². The Morgan fingerprint density at radius 1 is 1.36 bits per heavy atom. The molecule has 1 aromatic heterocycles. The molecule has 22 heavy (non-hydrogen) atoms. The van der Waals surface area contributed by atoms with Gasteiger partial charge in [-0.25, -0.2) is 4.79 Å². The molecule has 0 radical (unpaired) electrons. The zero-order valence-corrected chi connectivity index (χ0v) is 13.4. The first-order valence-corrected chi connectivity index (χ1v) is 7.63. The van der Waals surface area contributed by atoms with Crippen LogP contribution in [-0.2, 0) is 6.54 Å². The molecule has 5 nitrogen and oxygen atoms in total. The van der Waals surface area contributed by atoms with E-state index >= 15 is 0 Å². The van der Waals surface area contributed by atoms with Gasteiger partial charge in [0.1, 0.15) is 11.3 Å². The van der Waals surface area contributed by atoms with E-state index in [0.717, 1.165) is 35.1 Å². The number of rotatable bonds is 6. The van der Waals surface area contributed by atoms with Crippen LogP contribution in [0.3, 0.4) is 0 Å². The fraction of sp³-hybridized carbons (Fsp3) is 0.471. The van der Waals surface area contributed by atoms with E-state index in [4.69, 9.17) is 4.42 Å². The van der Waals surface area contributed by atoms with Crippen molar-refractivity contribution in [2.24, 2.45) is 0 Å². The Balaban J connectivity index is 1.99. The number of para-hydroxylation sites is 1. The molecule has 1 atom stereocenters. The summed E-state index contributed by atoms with van der Waals surface area (Å²) in [6, 6.07) is 7.50. The van der Waals surface area contributed by atoms with E-state index in [-0.39, 0.29) is 12.6 Å². The highest BCUT2D eigenvalue weighted by molar-refractivity contribution is 5.82. The topological polar surface area (TPSA) is 74.5 Å². The normalized spacial score (nSPS) is 13.8. The second-order valence-corrected chi connectivity index (χ2v) is 5.92. The van der Waals surface area contributed by atoms with E-state index in [1.807, 2.05) is 45.0 Å². The minimum atomic E-state index is -0.595. The molecule has 2 aromatic rings. The fourth-order valence-electron chi connectivity index (χ4n) is 2.61. The van der Waals surface area contributed by atoms with Crippen molar-refractivity contribution in [3.8, 4) is 0 Å². The molecule has 0 aliphatic rings. The van der Waals surface area contributed by atoms with Gasteiger partial charge in [0.15, 0.2) is 0 Å². The highest BCUT2D eigenvalue weighted by atomic mass is 16.3. The van der Waals surface area contributed by atoms with Crippen molar-refractivity contribution in [1.82, 2.24) is 10.6 Å². The Labute approximate surface area is 130 Å². The summed E-state index contributed by atoms with van der Waals surface area (Å²) in [5.41, 5.74) is 1.26. The van der Waals surface area contributed by atoms with Crippen LogP contribution in [0.2, 0.25) is 0 Å². The number of aliphatic hydroxyl groups is 1. The molecule has 0 fully saturated rings. The smallest absolute Gasteiger partial charge is 0.315 e. The minimum absolute atomic E-state index is 0.0854. The molecule has 0 aliphatic heterocycles. The number of aliphatic hydroxyl groups excluding tert-OH is 1. The predicted octanol–water partition coefficient (Wildman–Crippen LogP) is 3.09. The molecular weight excluding hydrogens is 280 g/mol. The van der Waals surface area contributed by atoms with E-state index in [9.17, 15) is 9.90 Å². The molecule has 0 bridgehead atoms. The Bertz CT molecular complexity index is 650. The lowest BCUT2D eigenvalue weighted by molar-refractivity contribution is 0.163. The fourth-order valence-corrected chi connectivity index (χ4v) is 2.61. The number of fused-ring (bicyclic) bond motifs is 1. The van der Waals surface area contributed by atoms with Gasteiger partial charge < -0.3 is 20.2 Å². The van der Waals surface area contributed by atoms with Crippen molar-refractivity contribution < 1.29 is 14.3 Å². The molecule has 1 aromatic carbocycles. The number of aryl methyl sites for hydroxylation is 1. The largest absolute Gasteiger partial charge is 0.459 e. The van der Waals surface area contributed by atoms with Crippen molar-refractivity contribution in [3.63, 3.8) is 0 Å². The second kappa shape index (κ2) is 6.83. The minimum Gasteiger partial charge on any atom is -0.459 e. The van der Waals surface area contributed by atoms with E-state index in [2.05, 4.69) is 10.6 Å². The van der Waals surface area contributed by atoms with Crippen molar-refractivity contribution in [2.45, 2.75) is 45.7 Å². The maximum Gasteiger partial charge on any atom is 0.315 e. The third kappa shape index (κ3) is 3.60. The van der Waals surface area contributed by atoms with Crippen LogP contribution in [0, 0.1) is 6.92 Å². The van der Waals surface area contributed by atoms with Gasteiger partial charge in [-0.1, -0.05) is 31.5 Å². The van der Waals surface area contributed by atoms with Crippen LogP contribution in [-0.4, -0.2) is 23.3 Å². The summed E-state index contributed by atoms with van der Waals surface area (Å²) in [4.78, 5) is 12.0. The van der Waals surface area contributed by atoms with Crippen LogP contribution in [0.25, 0.3) is 11.0 Å². The zero-order valence-electron chi connectivity index (χ0n) is 13.4. The van der Waals surface area contributed by atoms with Crippen molar-refractivity contribution in [2.75, 3.05) is 6.61 Å². The molecule has 1 unspecified atom stereocenters. The van der Waals surface area contributed by atoms with Crippen molar-refractivity contribution in [1.29, 1.82) is 0 Å².